The van der Waals surface area contributed by atoms with Crippen LogP contribution < -0.4 is 14.4 Å². The second kappa shape index (κ2) is 9.74. The van der Waals surface area contributed by atoms with E-state index in [2.05, 4.69) is 17.4 Å². The first-order valence-corrected chi connectivity index (χ1v) is 13.6. The van der Waals surface area contributed by atoms with Gasteiger partial charge in [-0.15, -0.1) is 0 Å². The topological polar surface area (TPSA) is 75.7 Å². The lowest BCUT2D eigenvalue weighted by Crippen LogP contribution is -2.35. The van der Waals surface area contributed by atoms with E-state index in [4.69, 9.17) is 4.74 Å². The summed E-state index contributed by atoms with van der Waals surface area (Å²) in [4.78, 5) is 12.8. The smallest absolute Gasteiger partial charge is 0.264 e. The van der Waals surface area contributed by atoms with Gasteiger partial charge in [0.25, 0.3) is 15.9 Å². The van der Waals surface area contributed by atoms with Crippen LogP contribution in [0.25, 0.3) is 0 Å². The molecule has 5 rings (SSSR count). The highest BCUT2D eigenvalue weighted by molar-refractivity contribution is 7.92. The summed E-state index contributed by atoms with van der Waals surface area (Å²) in [5, 5.41) is 3.09. The molecule has 1 amide bonds. The summed E-state index contributed by atoms with van der Waals surface area (Å²) in [5.41, 5.74) is 4.93. The molecular weight excluding hydrogens is 460 g/mol. The fourth-order valence-electron chi connectivity index (χ4n) is 5.10. The maximum Gasteiger partial charge on any atom is 0.264 e. The molecule has 2 aliphatic rings. The van der Waals surface area contributed by atoms with Gasteiger partial charge in [0.1, 0.15) is 5.75 Å². The van der Waals surface area contributed by atoms with E-state index < -0.39 is 10.0 Å². The standard InChI is InChI=1S/C28H30N2O4S/c1-20-18-23(35(32,33)30-17-7-11-22-9-3-5-14-26(22)30)15-16-27(20)34-19-28(31)29-25-13-6-10-21-8-2-4-12-24(21)25/h2-5,8-9,12,14-16,18,25H,6-7,10-11,13,17,19H2,1H3,(H,29,31)/t25-/m0/s1. The molecule has 0 aromatic heterocycles. The molecule has 0 radical (unpaired) electrons. The quantitative estimate of drug-likeness (QED) is 0.543. The Balaban J connectivity index is 1.26. The molecule has 0 bridgehead atoms. The Hall–Kier alpha value is -3.32. The van der Waals surface area contributed by atoms with Crippen molar-refractivity contribution in [2.24, 2.45) is 0 Å². The number of hydrogen-bond donors (Lipinski definition) is 1. The molecule has 1 aliphatic heterocycles. The summed E-state index contributed by atoms with van der Waals surface area (Å²) in [6.07, 6.45) is 4.66. The first-order chi connectivity index (χ1) is 16.9. The second-order valence-electron chi connectivity index (χ2n) is 9.24. The molecule has 3 aromatic rings. The minimum Gasteiger partial charge on any atom is -0.484 e. The van der Waals surface area contributed by atoms with E-state index in [0.29, 0.717) is 17.9 Å². The molecular formula is C28H30N2O4S. The summed E-state index contributed by atoms with van der Waals surface area (Å²) in [7, 11) is -3.70. The monoisotopic (exact) mass is 490 g/mol. The number of para-hydroxylation sites is 1. The van der Waals surface area contributed by atoms with Crippen molar-refractivity contribution >= 4 is 21.6 Å². The number of ether oxygens (including phenoxy) is 1. The molecule has 0 saturated heterocycles. The second-order valence-corrected chi connectivity index (χ2v) is 11.1. The normalized spacial score (nSPS) is 17.3. The summed E-state index contributed by atoms with van der Waals surface area (Å²) < 4.78 is 34.1. The number of hydrogen-bond acceptors (Lipinski definition) is 4. The van der Waals surface area contributed by atoms with Gasteiger partial charge < -0.3 is 10.1 Å². The number of rotatable bonds is 6. The number of nitrogens with one attached hydrogen (secondary N) is 1. The Bertz CT molecular complexity index is 1350. The van der Waals surface area contributed by atoms with E-state index in [9.17, 15) is 13.2 Å². The van der Waals surface area contributed by atoms with Crippen molar-refractivity contribution < 1.29 is 17.9 Å². The van der Waals surface area contributed by atoms with Crippen LogP contribution >= 0.6 is 0 Å². The first kappa shape index (κ1) is 23.4. The fourth-order valence-corrected chi connectivity index (χ4v) is 6.73. The number of fused-ring (bicyclic) bond motifs is 2. The summed E-state index contributed by atoms with van der Waals surface area (Å²) in [6, 6.07) is 20.7. The first-order valence-electron chi connectivity index (χ1n) is 12.1. The van der Waals surface area contributed by atoms with E-state index in [-0.39, 0.29) is 23.5 Å². The average molecular weight is 491 g/mol. The highest BCUT2D eigenvalue weighted by atomic mass is 32.2. The number of aryl methyl sites for hydroxylation is 3. The molecule has 7 heteroatoms. The summed E-state index contributed by atoms with van der Waals surface area (Å²) >= 11 is 0. The Morgan fingerprint density at radius 2 is 1.74 bits per heavy atom. The van der Waals surface area contributed by atoms with Crippen molar-refractivity contribution in [2.75, 3.05) is 17.5 Å². The molecule has 0 unspecified atom stereocenters. The molecule has 3 aromatic carbocycles. The number of nitrogens with zero attached hydrogens (tertiary/aromatic N) is 1. The highest BCUT2D eigenvalue weighted by Crippen LogP contribution is 2.33. The molecule has 1 aliphatic carbocycles. The Morgan fingerprint density at radius 3 is 2.57 bits per heavy atom. The van der Waals surface area contributed by atoms with Gasteiger partial charge in [-0.1, -0.05) is 42.5 Å². The molecule has 6 nitrogen and oxygen atoms in total. The van der Waals surface area contributed by atoms with Crippen molar-refractivity contribution in [3.05, 3.63) is 89.0 Å². The third kappa shape index (κ3) is 4.78. The van der Waals surface area contributed by atoms with Crippen molar-refractivity contribution in [1.29, 1.82) is 0 Å². The molecule has 1 N–H and O–H groups in total. The number of amides is 1. The third-order valence-electron chi connectivity index (χ3n) is 6.87. The average Bonchev–Trinajstić information content (AvgIpc) is 2.88. The minimum absolute atomic E-state index is 0.00270. The van der Waals surface area contributed by atoms with Gasteiger partial charge in [0.05, 0.1) is 16.6 Å². The lowest BCUT2D eigenvalue weighted by molar-refractivity contribution is -0.124. The highest BCUT2D eigenvalue weighted by Gasteiger charge is 2.29. The molecule has 1 atom stereocenters. The van der Waals surface area contributed by atoms with Crippen LogP contribution in [0.5, 0.6) is 5.75 Å². The van der Waals surface area contributed by atoms with Gasteiger partial charge in [-0.05, 0) is 85.5 Å². The lowest BCUT2D eigenvalue weighted by atomic mass is 9.88. The maximum atomic E-state index is 13.4. The van der Waals surface area contributed by atoms with Gasteiger partial charge in [0.2, 0.25) is 0 Å². The van der Waals surface area contributed by atoms with Crippen LogP contribution in [-0.2, 0) is 27.7 Å². The Labute approximate surface area is 207 Å². The van der Waals surface area contributed by atoms with Crippen molar-refractivity contribution in [1.82, 2.24) is 5.32 Å². The number of carbonyl (C=O) groups is 1. The predicted octanol–water partition coefficient (Wildman–Crippen LogP) is 4.71. The zero-order valence-electron chi connectivity index (χ0n) is 19.9. The van der Waals surface area contributed by atoms with Crippen LogP contribution in [0, 0.1) is 6.92 Å². The summed E-state index contributed by atoms with van der Waals surface area (Å²) in [6.45, 7) is 2.14. The van der Waals surface area contributed by atoms with E-state index in [1.54, 1.807) is 25.1 Å². The van der Waals surface area contributed by atoms with Gasteiger partial charge >= 0.3 is 0 Å². The summed E-state index contributed by atoms with van der Waals surface area (Å²) in [5.74, 6) is 0.315. The number of benzene rings is 3. The van der Waals surface area contributed by atoms with E-state index in [1.165, 1.54) is 15.4 Å². The van der Waals surface area contributed by atoms with Crippen LogP contribution in [-0.4, -0.2) is 27.5 Å². The number of carbonyl (C=O) groups excluding carboxylic acids is 1. The fraction of sp³-hybridized carbons (Fsp3) is 0.321. The van der Waals surface area contributed by atoms with Gasteiger partial charge in [0.15, 0.2) is 6.61 Å². The maximum absolute atomic E-state index is 13.4. The lowest BCUT2D eigenvalue weighted by Gasteiger charge is -2.30. The van der Waals surface area contributed by atoms with E-state index >= 15 is 0 Å². The van der Waals surface area contributed by atoms with Crippen molar-refractivity contribution in [3.8, 4) is 5.75 Å². The van der Waals surface area contributed by atoms with Crippen molar-refractivity contribution in [2.45, 2.75) is 50.0 Å². The van der Waals surface area contributed by atoms with Crippen LogP contribution in [0.15, 0.2) is 71.6 Å². The van der Waals surface area contributed by atoms with Gasteiger partial charge in [-0.2, -0.15) is 0 Å². The third-order valence-corrected chi connectivity index (χ3v) is 8.67. The van der Waals surface area contributed by atoms with Gasteiger partial charge in [-0.3, -0.25) is 9.10 Å². The largest absolute Gasteiger partial charge is 0.484 e. The zero-order chi connectivity index (χ0) is 24.4. The van der Waals surface area contributed by atoms with Crippen LogP contribution in [0.1, 0.15) is 47.6 Å². The Morgan fingerprint density at radius 1 is 1.00 bits per heavy atom. The predicted molar refractivity (Wildman–Crippen MR) is 136 cm³/mol. The van der Waals surface area contributed by atoms with Crippen molar-refractivity contribution in [3.63, 3.8) is 0 Å². The van der Waals surface area contributed by atoms with Gasteiger partial charge in [-0.25, -0.2) is 8.42 Å². The minimum atomic E-state index is -3.70. The molecule has 0 spiro atoms. The molecule has 0 fully saturated rings. The van der Waals surface area contributed by atoms with E-state index in [0.717, 1.165) is 43.4 Å². The zero-order valence-corrected chi connectivity index (χ0v) is 20.7. The molecule has 0 saturated carbocycles. The van der Waals surface area contributed by atoms with Crippen LogP contribution in [0.3, 0.4) is 0 Å². The number of anilines is 1. The van der Waals surface area contributed by atoms with Gasteiger partial charge in [0, 0.05) is 6.54 Å². The molecule has 35 heavy (non-hydrogen) atoms. The molecule has 182 valence electrons. The molecule has 1 heterocycles. The number of sulfonamides is 1. The van der Waals surface area contributed by atoms with Crippen LogP contribution in [0.2, 0.25) is 0 Å². The SMILES string of the molecule is Cc1cc(S(=O)(=O)N2CCCc3ccccc32)ccc1OCC(=O)N[C@H]1CCCc2ccccc21. The Kier molecular flexibility index (Phi) is 6.52. The van der Waals surface area contributed by atoms with E-state index in [1.807, 2.05) is 36.4 Å². The van der Waals surface area contributed by atoms with Crippen LogP contribution in [0.4, 0.5) is 5.69 Å².